The molecule has 0 aromatic carbocycles. The van der Waals surface area contributed by atoms with Crippen molar-refractivity contribution in [2.75, 3.05) is 6.67 Å². The first-order valence-corrected chi connectivity index (χ1v) is 12.5. The molecule has 0 radical (unpaired) electrons. The second-order valence-electron chi connectivity index (χ2n) is 6.24. The monoisotopic (exact) mass is 533 g/mol. The van der Waals surface area contributed by atoms with Gasteiger partial charge in [0, 0.05) is 0 Å². The fraction of sp³-hybridized carbons (Fsp3) is 0.700. The van der Waals surface area contributed by atoms with E-state index in [1.54, 1.807) is 4.98 Å². The van der Waals surface area contributed by atoms with E-state index in [4.69, 9.17) is 19.4 Å². The summed E-state index contributed by atoms with van der Waals surface area (Å²) in [4.78, 5) is 60.2. The quantitative estimate of drug-likeness (QED) is 0.200. The number of halogens is 2. The van der Waals surface area contributed by atoms with Crippen molar-refractivity contribution in [3.63, 3.8) is 0 Å². The van der Waals surface area contributed by atoms with Crippen molar-refractivity contribution < 1.29 is 65.0 Å². The van der Waals surface area contributed by atoms with Crippen molar-refractivity contribution in [2.24, 2.45) is 0 Å². The Hall–Kier alpha value is -1.20. The van der Waals surface area contributed by atoms with Crippen LogP contribution in [0.4, 0.5) is 8.78 Å². The SMILES string of the molecule is C[C@H](OP(=O)(O)OP(=O)(O)OP(=O)(O)O)[C@H]1O[C@@H](n2ncc(=O)[nH]c2=O)C(F)(CF)[C@H]1O. The van der Waals surface area contributed by atoms with Crippen LogP contribution in [-0.2, 0) is 31.6 Å². The standard InChI is InChI=1S/C10H16F2N3O14P3/c1-4(27-31(22,23)29-32(24,25)28-30(19,20)21)6-7(17)10(12,3-11)8(26-6)15-9(18)14-5(16)2-13-15/h2,4,6-8,17H,3H2,1H3,(H,22,23)(H,24,25)(H,14,16,18)(H2,19,20,21)/t4-,6+,7-,8+,10?/m0/s1. The minimum atomic E-state index is -5.87. The van der Waals surface area contributed by atoms with Gasteiger partial charge in [0.05, 0.1) is 6.10 Å². The van der Waals surface area contributed by atoms with Gasteiger partial charge in [0.15, 0.2) is 6.23 Å². The zero-order valence-corrected chi connectivity index (χ0v) is 18.2. The number of aromatic amines is 1. The zero-order valence-electron chi connectivity index (χ0n) is 15.5. The lowest BCUT2D eigenvalue weighted by molar-refractivity contribution is -0.0919. The van der Waals surface area contributed by atoms with Crippen molar-refractivity contribution in [1.82, 2.24) is 14.8 Å². The van der Waals surface area contributed by atoms with Gasteiger partial charge in [-0.25, -0.2) is 27.3 Å². The first kappa shape index (κ1) is 27.0. The molecule has 1 aliphatic heterocycles. The average molecular weight is 533 g/mol. The Bertz CT molecular complexity index is 1110. The number of aliphatic hydroxyl groups excluding tert-OH is 1. The first-order chi connectivity index (χ1) is 14.4. The maximum absolute atomic E-state index is 15.1. The van der Waals surface area contributed by atoms with E-state index in [2.05, 4.69) is 18.2 Å². The third-order valence-corrected chi connectivity index (χ3v) is 7.77. The van der Waals surface area contributed by atoms with E-state index >= 15 is 4.39 Å². The molecule has 0 bridgehead atoms. The smallest absolute Gasteiger partial charge is 0.387 e. The molecular weight excluding hydrogens is 517 g/mol. The summed E-state index contributed by atoms with van der Waals surface area (Å²) in [6.07, 6.45) is -8.25. The maximum Gasteiger partial charge on any atom is 0.490 e. The van der Waals surface area contributed by atoms with E-state index in [-0.39, 0.29) is 4.68 Å². The number of hydrogen-bond donors (Lipinski definition) is 6. The molecule has 17 nitrogen and oxygen atoms in total. The van der Waals surface area contributed by atoms with Gasteiger partial charge in [-0.1, -0.05) is 0 Å². The Morgan fingerprint density at radius 1 is 1.25 bits per heavy atom. The Morgan fingerprint density at radius 2 is 1.84 bits per heavy atom. The normalized spacial score (nSPS) is 31.1. The summed E-state index contributed by atoms with van der Waals surface area (Å²) >= 11 is 0. The van der Waals surface area contributed by atoms with Crippen LogP contribution >= 0.6 is 23.5 Å². The van der Waals surface area contributed by atoms with Crippen molar-refractivity contribution in [3.05, 3.63) is 27.0 Å². The fourth-order valence-electron chi connectivity index (χ4n) is 2.63. The molecule has 184 valence electrons. The van der Waals surface area contributed by atoms with Crippen molar-refractivity contribution in [2.45, 2.75) is 37.1 Å². The lowest BCUT2D eigenvalue weighted by Crippen LogP contribution is -2.49. The van der Waals surface area contributed by atoms with Gasteiger partial charge in [0.1, 0.15) is 25.1 Å². The molecule has 2 rings (SSSR count). The van der Waals surface area contributed by atoms with Crippen LogP contribution in [0.5, 0.6) is 0 Å². The molecular formula is C10H16F2N3O14P3. The molecule has 1 aromatic rings. The first-order valence-electron chi connectivity index (χ1n) is 7.99. The lowest BCUT2D eigenvalue weighted by atomic mass is 9.95. The third kappa shape index (κ3) is 6.22. The Kier molecular flexibility index (Phi) is 7.79. The number of phosphoric acid groups is 3. The number of aliphatic hydroxyl groups is 1. The van der Waals surface area contributed by atoms with E-state index in [1.807, 2.05) is 0 Å². The van der Waals surface area contributed by atoms with Crippen LogP contribution in [0.3, 0.4) is 0 Å². The molecule has 32 heavy (non-hydrogen) atoms. The summed E-state index contributed by atoms with van der Waals surface area (Å²) in [6, 6.07) is 0. The van der Waals surface area contributed by atoms with E-state index < -0.39 is 71.6 Å². The number of hydrogen-bond acceptors (Lipinski definition) is 11. The molecule has 3 unspecified atom stereocenters. The summed E-state index contributed by atoms with van der Waals surface area (Å²) in [5.41, 5.74) is -5.73. The predicted octanol–water partition coefficient (Wildman–Crippen LogP) is -1.40. The molecule has 1 saturated heterocycles. The number of nitrogens with one attached hydrogen (secondary N) is 1. The van der Waals surface area contributed by atoms with Crippen LogP contribution < -0.4 is 11.2 Å². The topological polar surface area (TPSA) is 257 Å². The highest BCUT2D eigenvalue weighted by Crippen LogP contribution is 2.66. The van der Waals surface area contributed by atoms with Gasteiger partial charge in [-0.3, -0.25) is 14.3 Å². The second-order valence-corrected chi connectivity index (χ2v) is 10.6. The van der Waals surface area contributed by atoms with Crippen LogP contribution in [0, 0.1) is 0 Å². The van der Waals surface area contributed by atoms with Crippen LogP contribution in [0.2, 0.25) is 0 Å². The average Bonchev–Trinajstić information content (AvgIpc) is 2.84. The summed E-state index contributed by atoms with van der Waals surface area (Å²) < 4.78 is 79.0. The Morgan fingerprint density at radius 3 is 2.34 bits per heavy atom. The van der Waals surface area contributed by atoms with Crippen molar-refractivity contribution in [1.29, 1.82) is 0 Å². The van der Waals surface area contributed by atoms with Gasteiger partial charge in [0.2, 0.25) is 5.67 Å². The van der Waals surface area contributed by atoms with Crippen LogP contribution in [-0.4, -0.2) is 70.1 Å². The number of nitrogens with zero attached hydrogens (tertiary/aromatic N) is 2. The molecule has 2 heterocycles. The third-order valence-electron chi connectivity index (χ3n) is 3.84. The number of ether oxygens (including phenoxy) is 1. The highest BCUT2D eigenvalue weighted by molar-refractivity contribution is 7.66. The molecule has 7 atom stereocenters. The van der Waals surface area contributed by atoms with Crippen molar-refractivity contribution in [3.8, 4) is 0 Å². The van der Waals surface area contributed by atoms with E-state index in [1.165, 1.54) is 0 Å². The van der Waals surface area contributed by atoms with Gasteiger partial charge < -0.3 is 29.4 Å². The van der Waals surface area contributed by atoms with Crippen LogP contribution in [0.15, 0.2) is 15.8 Å². The largest absolute Gasteiger partial charge is 0.490 e. The summed E-state index contributed by atoms with van der Waals surface area (Å²) in [6.45, 7) is -1.14. The fourth-order valence-corrected chi connectivity index (χ4v) is 5.83. The zero-order chi connectivity index (χ0) is 24.7. The number of H-pyrrole nitrogens is 1. The van der Waals surface area contributed by atoms with E-state index in [0.717, 1.165) is 6.92 Å². The molecule has 0 aliphatic carbocycles. The van der Waals surface area contributed by atoms with E-state index in [9.17, 15) is 37.7 Å². The molecule has 1 aliphatic rings. The van der Waals surface area contributed by atoms with Crippen LogP contribution in [0.1, 0.15) is 13.2 Å². The highest BCUT2D eigenvalue weighted by atomic mass is 31.3. The highest BCUT2D eigenvalue weighted by Gasteiger charge is 2.61. The molecule has 6 N–H and O–H groups in total. The number of aromatic nitrogens is 3. The van der Waals surface area contributed by atoms with Gasteiger partial charge in [-0.2, -0.15) is 18.4 Å². The molecule has 22 heteroatoms. The molecule has 1 aromatic heterocycles. The summed E-state index contributed by atoms with van der Waals surface area (Å²) in [5, 5.41) is 13.4. The van der Waals surface area contributed by atoms with E-state index in [0.29, 0.717) is 6.20 Å². The number of alkyl halides is 2. The minimum Gasteiger partial charge on any atom is -0.387 e. The van der Waals surface area contributed by atoms with Crippen LogP contribution in [0.25, 0.3) is 0 Å². The van der Waals surface area contributed by atoms with Gasteiger partial charge in [-0.15, -0.1) is 0 Å². The summed E-state index contributed by atoms with van der Waals surface area (Å²) in [5.74, 6) is 0. The number of rotatable bonds is 9. The minimum absolute atomic E-state index is 0.141. The van der Waals surface area contributed by atoms with Gasteiger partial charge in [0.25, 0.3) is 5.56 Å². The summed E-state index contributed by atoms with van der Waals surface area (Å²) in [7, 11) is -17.2. The predicted molar refractivity (Wildman–Crippen MR) is 93.3 cm³/mol. The molecule has 0 amide bonds. The molecule has 1 fully saturated rings. The van der Waals surface area contributed by atoms with Gasteiger partial charge >= 0.3 is 29.2 Å². The Labute approximate surface area is 175 Å². The second kappa shape index (κ2) is 9.21. The van der Waals surface area contributed by atoms with Gasteiger partial charge in [-0.05, 0) is 6.92 Å². The molecule has 0 spiro atoms. The van der Waals surface area contributed by atoms with Crippen molar-refractivity contribution >= 4 is 23.5 Å². The number of phosphoric ester groups is 1. The maximum atomic E-state index is 15.1. The lowest BCUT2D eigenvalue weighted by Gasteiger charge is -2.26. The molecule has 0 saturated carbocycles. The Balaban J connectivity index is 2.26.